The molecule has 1 fully saturated rings. The first kappa shape index (κ1) is 14.0. The number of piperidine rings is 1. The highest BCUT2D eigenvalue weighted by atomic mass is 15.2. The summed E-state index contributed by atoms with van der Waals surface area (Å²) in [6.45, 7) is 9.80. The predicted octanol–water partition coefficient (Wildman–Crippen LogP) is 2.98. The Hall–Kier alpha value is -0.0800. The summed E-state index contributed by atoms with van der Waals surface area (Å²) in [4.78, 5) is 5.21. The molecule has 0 saturated carbocycles. The number of likely N-dealkylation sites (tertiary alicyclic amines) is 1. The summed E-state index contributed by atoms with van der Waals surface area (Å²) in [6.07, 6.45) is 8.23. The maximum absolute atomic E-state index is 2.64. The van der Waals surface area contributed by atoms with E-state index in [4.69, 9.17) is 0 Å². The Morgan fingerprint density at radius 1 is 1.12 bits per heavy atom. The van der Waals surface area contributed by atoms with E-state index in [-0.39, 0.29) is 0 Å². The van der Waals surface area contributed by atoms with Gasteiger partial charge >= 0.3 is 0 Å². The first-order valence-corrected chi connectivity index (χ1v) is 7.20. The molecule has 0 amide bonds. The Morgan fingerprint density at radius 3 is 2.38 bits per heavy atom. The lowest BCUT2D eigenvalue weighted by Crippen LogP contribution is -2.40. The van der Waals surface area contributed by atoms with Crippen molar-refractivity contribution in [2.24, 2.45) is 0 Å². The van der Waals surface area contributed by atoms with Gasteiger partial charge < -0.3 is 9.80 Å². The van der Waals surface area contributed by atoms with Gasteiger partial charge in [-0.3, -0.25) is 0 Å². The minimum absolute atomic E-state index is 0.801. The molecule has 0 bridgehead atoms. The highest BCUT2D eigenvalue weighted by Gasteiger charge is 2.14. The highest BCUT2D eigenvalue weighted by molar-refractivity contribution is 4.70. The Kier molecular flexibility index (Phi) is 7.06. The standard InChI is InChI=1S/C14H30N2/c1-4-9-14(5-2)15(3)12-13-16-10-7-6-8-11-16/h14H,4-13H2,1-3H3. The first-order chi connectivity index (χ1) is 7.77. The van der Waals surface area contributed by atoms with Crippen LogP contribution in [0.2, 0.25) is 0 Å². The van der Waals surface area contributed by atoms with Gasteiger partial charge in [0.1, 0.15) is 0 Å². The second kappa shape index (κ2) is 8.08. The number of likely N-dealkylation sites (N-methyl/N-ethyl adjacent to an activating group) is 1. The van der Waals surface area contributed by atoms with Crippen molar-refractivity contribution in [3.05, 3.63) is 0 Å². The molecule has 1 saturated heterocycles. The molecule has 2 nitrogen and oxygen atoms in total. The molecule has 1 aliphatic rings. The van der Waals surface area contributed by atoms with Gasteiger partial charge in [0.05, 0.1) is 0 Å². The van der Waals surface area contributed by atoms with Crippen LogP contribution in [0.4, 0.5) is 0 Å². The average molecular weight is 226 g/mol. The van der Waals surface area contributed by atoms with Gasteiger partial charge in [-0.1, -0.05) is 26.7 Å². The summed E-state index contributed by atoms with van der Waals surface area (Å²) in [6, 6.07) is 0.801. The Morgan fingerprint density at radius 2 is 1.81 bits per heavy atom. The van der Waals surface area contributed by atoms with E-state index >= 15 is 0 Å². The summed E-state index contributed by atoms with van der Waals surface area (Å²) in [7, 11) is 2.30. The molecule has 0 aromatic rings. The van der Waals surface area contributed by atoms with Crippen LogP contribution in [0.15, 0.2) is 0 Å². The van der Waals surface area contributed by atoms with Gasteiger partial charge in [-0.2, -0.15) is 0 Å². The quantitative estimate of drug-likeness (QED) is 0.658. The molecule has 1 aliphatic heterocycles. The van der Waals surface area contributed by atoms with E-state index in [2.05, 4.69) is 30.7 Å². The molecule has 2 heteroatoms. The topological polar surface area (TPSA) is 6.48 Å². The van der Waals surface area contributed by atoms with E-state index in [0.717, 1.165) is 6.04 Å². The predicted molar refractivity (Wildman–Crippen MR) is 71.9 cm³/mol. The van der Waals surface area contributed by atoms with Crippen LogP contribution in [0.25, 0.3) is 0 Å². The third kappa shape index (κ3) is 4.84. The SMILES string of the molecule is CCCC(CC)N(C)CCN1CCCCC1. The number of rotatable bonds is 7. The van der Waals surface area contributed by atoms with Crippen molar-refractivity contribution in [1.82, 2.24) is 9.80 Å². The van der Waals surface area contributed by atoms with Crippen molar-refractivity contribution in [2.45, 2.75) is 58.4 Å². The van der Waals surface area contributed by atoms with Crippen LogP contribution in [0, 0.1) is 0 Å². The normalized spacial score (nSPS) is 20.2. The zero-order chi connectivity index (χ0) is 11.8. The summed E-state index contributed by atoms with van der Waals surface area (Å²) in [5, 5.41) is 0. The third-order valence-corrected chi connectivity index (χ3v) is 3.93. The largest absolute Gasteiger partial charge is 0.302 e. The highest BCUT2D eigenvalue weighted by Crippen LogP contribution is 2.11. The van der Waals surface area contributed by atoms with Crippen molar-refractivity contribution in [3.63, 3.8) is 0 Å². The fraction of sp³-hybridized carbons (Fsp3) is 1.00. The molecule has 16 heavy (non-hydrogen) atoms. The number of nitrogens with zero attached hydrogens (tertiary/aromatic N) is 2. The molecule has 0 radical (unpaired) electrons. The molecule has 0 aliphatic carbocycles. The molecule has 0 spiro atoms. The fourth-order valence-corrected chi connectivity index (χ4v) is 2.73. The molecular weight excluding hydrogens is 196 g/mol. The Balaban J connectivity index is 2.18. The van der Waals surface area contributed by atoms with Gasteiger partial charge in [0.2, 0.25) is 0 Å². The summed E-state index contributed by atoms with van der Waals surface area (Å²) in [5.74, 6) is 0. The third-order valence-electron chi connectivity index (χ3n) is 3.93. The maximum Gasteiger partial charge on any atom is 0.0109 e. The lowest BCUT2D eigenvalue weighted by atomic mass is 10.1. The average Bonchev–Trinajstić information content (AvgIpc) is 2.34. The van der Waals surface area contributed by atoms with E-state index in [9.17, 15) is 0 Å². The molecular formula is C14H30N2. The molecule has 1 heterocycles. The van der Waals surface area contributed by atoms with Crippen LogP contribution in [-0.4, -0.2) is 49.1 Å². The van der Waals surface area contributed by atoms with Gasteiger partial charge in [0.15, 0.2) is 0 Å². The van der Waals surface area contributed by atoms with Crippen LogP contribution < -0.4 is 0 Å². The Labute approximate surface area is 102 Å². The van der Waals surface area contributed by atoms with Gasteiger partial charge in [-0.25, -0.2) is 0 Å². The van der Waals surface area contributed by atoms with Crippen molar-refractivity contribution in [2.75, 3.05) is 33.2 Å². The number of hydrogen-bond donors (Lipinski definition) is 0. The Bertz CT molecular complexity index is 164. The van der Waals surface area contributed by atoms with E-state index in [1.165, 1.54) is 64.7 Å². The summed E-state index contributed by atoms with van der Waals surface area (Å²) >= 11 is 0. The van der Waals surface area contributed by atoms with Gasteiger partial charge in [-0.15, -0.1) is 0 Å². The van der Waals surface area contributed by atoms with E-state index in [0.29, 0.717) is 0 Å². The maximum atomic E-state index is 2.64. The second-order valence-corrected chi connectivity index (χ2v) is 5.23. The van der Waals surface area contributed by atoms with Crippen LogP contribution in [0.5, 0.6) is 0 Å². The van der Waals surface area contributed by atoms with E-state index in [1.54, 1.807) is 0 Å². The van der Waals surface area contributed by atoms with E-state index in [1.807, 2.05) is 0 Å². The molecule has 1 rings (SSSR count). The monoisotopic (exact) mass is 226 g/mol. The number of hydrogen-bond acceptors (Lipinski definition) is 2. The van der Waals surface area contributed by atoms with Crippen molar-refractivity contribution in [1.29, 1.82) is 0 Å². The lowest BCUT2D eigenvalue weighted by Gasteiger charge is -2.31. The van der Waals surface area contributed by atoms with Gasteiger partial charge in [0.25, 0.3) is 0 Å². The lowest BCUT2D eigenvalue weighted by molar-refractivity contribution is 0.163. The van der Waals surface area contributed by atoms with Crippen LogP contribution in [0.3, 0.4) is 0 Å². The molecule has 96 valence electrons. The zero-order valence-electron chi connectivity index (χ0n) is 11.5. The first-order valence-electron chi connectivity index (χ1n) is 7.20. The minimum atomic E-state index is 0.801. The molecule has 1 unspecified atom stereocenters. The second-order valence-electron chi connectivity index (χ2n) is 5.23. The fourth-order valence-electron chi connectivity index (χ4n) is 2.73. The van der Waals surface area contributed by atoms with Crippen molar-refractivity contribution < 1.29 is 0 Å². The molecule has 0 aromatic heterocycles. The summed E-state index contributed by atoms with van der Waals surface area (Å²) < 4.78 is 0. The zero-order valence-corrected chi connectivity index (χ0v) is 11.5. The van der Waals surface area contributed by atoms with Gasteiger partial charge in [-0.05, 0) is 45.8 Å². The van der Waals surface area contributed by atoms with Gasteiger partial charge in [0, 0.05) is 19.1 Å². The molecule has 0 N–H and O–H groups in total. The van der Waals surface area contributed by atoms with Crippen molar-refractivity contribution in [3.8, 4) is 0 Å². The van der Waals surface area contributed by atoms with Crippen LogP contribution >= 0.6 is 0 Å². The van der Waals surface area contributed by atoms with Crippen LogP contribution in [-0.2, 0) is 0 Å². The minimum Gasteiger partial charge on any atom is -0.302 e. The molecule has 0 aromatic carbocycles. The van der Waals surface area contributed by atoms with E-state index < -0.39 is 0 Å². The molecule has 1 atom stereocenters. The smallest absolute Gasteiger partial charge is 0.0109 e. The van der Waals surface area contributed by atoms with Crippen molar-refractivity contribution >= 4 is 0 Å². The van der Waals surface area contributed by atoms with Crippen LogP contribution in [0.1, 0.15) is 52.4 Å². The summed E-state index contributed by atoms with van der Waals surface area (Å²) in [5.41, 5.74) is 0.